The topological polar surface area (TPSA) is 70.2 Å². The molecular formula is C29H34N4O2. The van der Waals surface area contributed by atoms with Gasteiger partial charge in [0.2, 0.25) is 0 Å². The van der Waals surface area contributed by atoms with Gasteiger partial charge in [-0.1, -0.05) is 49.4 Å². The van der Waals surface area contributed by atoms with Crippen molar-refractivity contribution in [1.29, 1.82) is 0 Å². The van der Waals surface area contributed by atoms with Crippen molar-refractivity contribution >= 4 is 5.91 Å². The smallest absolute Gasteiger partial charge is 0.272 e. The molecule has 2 bridgehead atoms. The Morgan fingerprint density at radius 1 is 1.14 bits per heavy atom. The fourth-order valence-electron chi connectivity index (χ4n) is 6.94. The maximum absolute atomic E-state index is 14.2. The highest BCUT2D eigenvalue weighted by Crippen LogP contribution is 2.52. The molecule has 2 aromatic carbocycles. The van der Waals surface area contributed by atoms with E-state index in [1.165, 1.54) is 12.0 Å². The van der Waals surface area contributed by atoms with Gasteiger partial charge < -0.3 is 15.0 Å². The molecule has 1 aliphatic carbocycles. The summed E-state index contributed by atoms with van der Waals surface area (Å²) in [4.78, 5) is 16.4. The first-order chi connectivity index (χ1) is 17.1. The zero-order valence-electron chi connectivity index (χ0n) is 20.5. The molecule has 3 heterocycles. The molecule has 6 nitrogen and oxygen atoms in total. The van der Waals surface area contributed by atoms with Crippen LogP contribution in [0.15, 0.2) is 60.7 Å². The fraction of sp³-hybridized carbons (Fsp3) is 0.448. The first-order valence-electron chi connectivity index (χ1n) is 13.0. The third-order valence-electron chi connectivity index (χ3n) is 8.55. The van der Waals surface area contributed by atoms with E-state index in [-0.39, 0.29) is 23.4 Å². The summed E-state index contributed by atoms with van der Waals surface area (Å²) in [6.45, 7) is 4.95. The number of fused-ring (bicyclic) bond motifs is 1. The van der Waals surface area contributed by atoms with E-state index in [9.17, 15) is 4.79 Å². The van der Waals surface area contributed by atoms with E-state index < -0.39 is 0 Å². The van der Waals surface area contributed by atoms with Gasteiger partial charge in [0.1, 0.15) is 11.4 Å². The number of nitrogens with zero attached hydrogens (tertiary/aromatic N) is 2. The number of benzene rings is 2. The number of rotatable bonds is 6. The molecule has 0 spiro atoms. The average molecular weight is 471 g/mol. The minimum absolute atomic E-state index is 0.0591. The Bertz CT molecular complexity index is 1210. The molecule has 3 fully saturated rings. The second kappa shape index (κ2) is 8.83. The summed E-state index contributed by atoms with van der Waals surface area (Å²) in [5.41, 5.74) is 3.59. The average Bonchev–Trinajstić information content (AvgIpc) is 3.49. The van der Waals surface area contributed by atoms with Crippen LogP contribution in [0, 0.1) is 5.41 Å². The number of piperidine rings is 1. The summed E-state index contributed by atoms with van der Waals surface area (Å²) < 4.78 is 5.81. The molecule has 3 aromatic rings. The number of carbonyl (C=O) groups is 1. The van der Waals surface area contributed by atoms with Gasteiger partial charge in [0.25, 0.3) is 5.91 Å². The third kappa shape index (κ3) is 3.75. The van der Waals surface area contributed by atoms with E-state index in [0.717, 1.165) is 42.7 Å². The van der Waals surface area contributed by atoms with Gasteiger partial charge in [0.05, 0.1) is 18.3 Å². The number of para-hydroxylation sites is 1. The number of hydrogen-bond acceptors (Lipinski definition) is 4. The van der Waals surface area contributed by atoms with Crippen molar-refractivity contribution in [1.82, 2.24) is 20.4 Å². The fourth-order valence-corrected chi connectivity index (χ4v) is 6.94. The Morgan fingerprint density at radius 3 is 2.77 bits per heavy atom. The van der Waals surface area contributed by atoms with Crippen LogP contribution in [0.2, 0.25) is 0 Å². The monoisotopic (exact) mass is 470 g/mol. The van der Waals surface area contributed by atoms with E-state index in [4.69, 9.17) is 4.74 Å². The minimum Gasteiger partial charge on any atom is -0.493 e. The summed E-state index contributed by atoms with van der Waals surface area (Å²) in [6.07, 6.45) is 5.42. The van der Waals surface area contributed by atoms with Crippen molar-refractivity contribution in [3.8, 4) is 17.0 Å². The lowest BCUT2D eigenvalue weighted by atomic mass is 9.64. The second-order valence-corrected chi connectivity index (χ2v) is 10.5. The number of ether oxygens (including phenoxy) is 1. The highest BCUT2D eigenvalue weighted by molar-refractivity contribution is 5.94. The van der Waals surface area contributed by atoms with E-state index in [1.807, 2.05) is 37.3 Å². The molecule has 2 saturated heterocycles. The van der Waals surface area contributed by atoms with Crippen LogP contribution in [0.5, 0.6) is 5.75 Å². The van der Waals surface area contributed by atoms with Gasteiger partial charge >= 0.3 is 0 Å². The maximum atomic E-state index is 14.2. The third-order valence-corrected chi connectivity index (χ3v) is 8.55. The summed E-state index contributed by atoms with van der Waals surface area (Å²) in [7, 11) is 0. The van der Waals surface area contributed by atoms with Crippen molar-refractivity contribution in [3.05, 3.63) is 71.9 Å². The molecule has 6 rings (SSSR count). The first-order valence-corrected chi connectivity index (χ1v) is 13.0. The Kier molecular flexibility index (Phi) is 5.64. The summed E-state index contributed by atoms with van der Waals surface area (Å²) in [6, 6.07) is 21.5. The molecule has 35 heavy (non-hydrogen) atoms. The highest BCUT2D eigenvalue weighted by atomic mass is 16.5. The summed E-state index contributed by atoms with van der Waals surface area (Å²) >= 11 is 0. The van der Waals surface area contributed by atoms with Gasteiger partial charge in [0.15, 0.2) is 0 Å². The highest BCUT2D eigenvalue weighted by Gasteiger charge is 2.60. The van der Waals surface area contributed by atoms with Gasteiger partial charge in [-0.3, -0.25) is 9.89 Å². The van der Waals surface area contributed by atoms with Gasteiger partial charge in [-0.15, -0.1) is 0 Å². The van der Waals surface area contributed by atoms with Crippen LogP contribution >= 0.6 is 0 Å². The number of aromatic nitrogens is 2. The summed E-state index contributed by atoms with van der Waals surface area (Å²) in [5, 5.41) is 11.6. The van der Waals surface area contributed by atoms with Gasteiger partial charge in [-0.05, 0) is 62.8 Å². The zero-order chi connectivity index (χ0) is 24.0. The zero-order valence-corrected chi connectivity index (χ0v) is 20.5. The molecule has 5 atom stereocenters. The SMILES string of the molecule is CCOc1ccccc1-c1cc(C(=O)N2[C@@H](Cc3ccccc3)[C@@H]3C[C@@]4(C)[C@H](CCC[C@@H]24)N3)[nH]n1. The molecule has 2 N–H and O–H groups in total. The van der Waals surface area contributed by atoms with Crippen LogP contribution < -0.4 is 10.1 Å². The predicted octanol–water partition coefficient (Wildman–Crippen LogP) is 4.83. The lowest BCUT2D eigenvalue weighted by Crippen LogP contribution is -2.62. The molecule has 6 heteroatoms. The normalized spacial score (nSPS) is 29.3. The van der Waals surface area contributed by atoms with Crippen molar-refractivity contribution in [2.45, 2.75) is 70.1 Å². The largest absolute Gasteiger partial charge is 0.493 e. The standard InChI is InChI=1S/C29H34N4O2/c1-3-35-25-13-8-7-12-20(25)21-17-22(32-31-21)28(34)33-24(16-19-10-5-4-6-11-19)23-18-29(2)26(30-23)14-9-15-27(29)33/h4-8,10-13,17,23-24,26-27,30H,3,9,14-16,18H2,1-2H3,(H,31,32)/t23-,24-,26-,27+,29-/m0/s1. The van der Waals surface area contributed by atoms with Crippen LogP contribution in [0.25, 0.3) is 11.3 Å². The molecule has 1 saturated carbocycles. The number of amides is 1. The van der Waals surface area contributed by atoms with Crippen molar-refractivity contribution in [3.63, 3.8) is 0 Å². The second-order valence-electron chi connectivity index (χ2n) is 10.5. The maximum Gasteiger partial charge on any atom is 0.272 e. The molecular weight excluding hydrogens is 436 g/mol. The van der Waals surface area contributed by atoms with Gasteiger partial charge in [-0.2, -0.15) is 5.10 Å². The van der Waals surface area contributed by atoms with Gasteiger partial charge in [0, 0.05) is 29.1 Å². The predicted molar refractivity (Wildman–Crippen MR) is 136 cm³/mol. The Hall–Kier alpha value is -3.12. The molecule has 0 radical (unpaired) electrons. The first kappa shape index (κ1) is 22.4. The molecule has 182 valence electrons. The molecule has 0 unspecified atom stereocenters. The van der Waals surface area contributed by atoms with E-state index in [2.05, 4.69) is 57.7 Å². The Labute approximate surface area is 207 Å². The number of carbonyl (C=O) groups excluding carboxylic acids is 1. The quantitative estimate of drug-likeness (QED) is 0.541. The Balaban J connectivity index is 1.36. The van der Waals surface area contributed by atoms with Crippen LogP contribution in [0.4, 0.5) is 0 Å². The van der Waals surface area contributed by atoms with Crippen molar-refractivity contribution in [2.24, 2.45) is 5.41 Å². The number of hydrogen-bond donors (Lipinski definition) is 2. The molecule has 1 amide bonds. The molecule has 2 aliphatic heterocycles. The van der Waals surface area contributed by atoms with E-state index in [1.54, 1.807) is 0 Å². The van der Waals surface area contributed by atoms with Crippen LogP contribution in [0.3, 0.4) is 0 Å². The van der Waals surface area contributed by atoms with Crippen LogP contribution in [-0.4, -0.2) is 51.8 Å². The van der Waals surface area contributed by atoms with E-state index in [0.29, 0.717) is 24.4 Å². The molecule has 3 aliphatic rings. The Morgan fingerprint density at radius 2 is 1.94 bits per heavy atom. The number of nitrogens with one attached hydrogen (secondary N) is 2. The van der Waals surface area contributed by atoms with Crippen LogP contribution in [0.1, 0.15) is 55.6 Å². The van der Waals surface area contributed by atoms with Crippen molar-refractivity contribution < 1.29 is 9.53 Å². The van der Waals surface area contributed by atoms with Crippen LogP contribution in [-0.2, 0) is 6.42 Å². The number of H-pyrrole nitrogens is 1. The summed E-state index contributed by atoms with van der Waals surface area (Å²) in [5.74, 6) is 0.842. The lowest BCUT2D eigenvalue weighted by Gasteiger charge is -2.53. The van der Waals surface area contributed by atoms with Gasteiger partial charge in [-0.25, -0.2) is 0 Å². The van der Waals surface area contributed by atoms with Crippen molar-refractivity contribution in [2.75, 3.05) is 6.61 Å². The minimum atomic E-state index is 0.0591. The number of likely N-dealkylation sites (tertiary alicyclic amines) is 1. The van der Waals surface area contributed by atoms with E-state index >= 15 is 0 Å². The lowest BCUT2D eigenvalue weighted by molar-refractivity contribution is -0.0115. The molecule has 1 aromatic heterocycles. The number of aromatic amines is 1.